The Labute approximate surface area is 98.6 Å². The van der Waals surface area contributed by atoms with Crippen LogP contribution in [0.15, 0.2) is 42.5 Å². The summed E-state index contributed by atoms with van der Waals surface area (Å²) >= 11 is 0. The summed E-state index contributed by atoms with van der Waals surface area (Å²) in [6, 6.07) is 10.9. The van der Waals surface area contributed by atoms with Crippen molar-refractivity contribution in [3.63, 3.8) is 0 Å². The van der Waals surface area contributed by atoms with E-state index in [4.69, 9.17) is 15.2 Å². The number of nitrogen functional groups attached to an aromatic ring is 1. The summed E-state index contributed by atoms with van der Waals surface area (Å²) in [4.78, 5) is 0. The van der Waals surface area contributed by atoms with Crippen LogP contribution < -0.4 is 15.2 Å². The predicted octanol–water partition coefficient (Wildman–Crippen LogP) is 3.21. The molecule has 0 unspecified atom stereocenters. The first-order chi connectivity index (χ1) is 8.19. The highest BCUT2D eigenvalue weighted by molar-refractivity contribution is 5.56. The zero-order valence-corrected chi connectivity index (χ0v) is 9.31. The number of rotatable bonds is 3. The highest BCUT2D eigenvalue weighted by Crippen LogP contribution is 2.29. The van der Waals surface area contributed by atoms with E-state index < -0.39 is 0 Å². The van der Waals surface area contributed by atoms with E-state index in [1.165, 1.54) is 12.1 Å². The molecule has 0 amide bonds. The van der Waals surface area contributed by atoms with Crippen molar-refractivity contribution in [3.8, 4) is 17.2 Å². The van der Waals surface area contributed by atoms with Gasteiger partial charge < -0.3 is 15.2 Å². The quantitative estimate of drug-likeness (QED) is 0.828. The topological polar surface area (TPSA) is 44.5 Å². The number of anilines is 1. The molecule has 0 aromatic heterocycles. The van der Waals surface area contributed by atoms with Gasteiger partial charge in [-0.1, -0.05) is 0 Å². The molecule has 0 aliphatic heterocycles. The minimum atomic E-state index is -0.299. The number of ether oxygens (including phenoxy) is 2. The van der Waals surface area contributed by atoms with E-state index in [9.17, 15) is 4.39 Å². The van der Waals surface area contributed by atoms with Crippen LogP contribution in [0.4, 0.5) is 10.1 Å². The van der Waals surface area contributed by atoms with Gasteiger partial charge in [0.1, 0.15) is 23.1 Å². The molecule has 4 heteroatoms. The van der Waals surface area contributed by atoms with Crippen molar-refractivity contribution in [2.24, 2.45) is 0 Å². The van der Waals surface area contributed by atoms with Crippen LogP contribution in [-0.4, -0.2) is 7.11 Å². The van der Waals surface area contributed by atoms with Crippen LogP contribution >= 0.6 is 0 Å². The summed E-state index contributed by atoms with van der Waals surface area (Å²) in [5.74, 6) is 1.42. The van der Waals surface area contributed by atoms with Crippen LogP contribution in [-0.2, 0) is 0 Å². The van der Waals surface area contributed by atoms with Gasteiger partial charge in [0, 0.05) is 6.07 Å². The molecule has 2 aromatic rings. The largest absolute Gasteiger partial charge is 0.495 e. The van der Waals surface area contributed by atoms with Gasteiger partial charge in [-0.3, -0.25) is 0 Å². The smallest absolute Gasteiger partial charge is 0.142 e. The van der Waals surface area contributed by atoms with Crippen molar-refractivity contribution in [2.75, 3.05) is 12.8 Å². The molecule has 0 heterocycles. The summed E-state index contributed by atoms with van der Waals surface area (Å²) in [5, 5.41) is 0. The molecule has 0 aliphatic carbocycles. The van der Waals surface area contributed by atoms with Gasteiger partial charge in [0.2, 0.25) is 0 Å². The second-order valence-electron chi connectivity index (χ2n) is 3.46. The maximum absolute atomic E-state index is 12.7. The highest BCUT2D eigenvalue weighted by atomic mass is 19.1. The molecule has 0 saturated heterocycles. The summed E-state index contributed by atoms with van der Waals surface area (Å²) in [7, 11) is 1.55. The summed E-state index contributed by atoms with van der Waals surface area (Å²) < 4.78 is 23.2. The van der Waals surface area contributed by atoms with Crippen LogP contribution in [0, 0.1) is 5.82 Å². The van der Waals surface area contributed by atoms with Crippen LogP contribution in [0.3, 0.4) is 0 Å². The normalized spacial score (nSPS) is 10.0. The number of methoxy groups -OCH3 is 1. The van der Waals surface area contributed by atoms with E-state index in [1.54, 1.807) is 37.4 Å². The monoisotopic (exact) mass is 233 g/mol. The molecule has 0 fully saturated rings. The molecule has 0 atom stereocenters. The second-order valence-corrected chi connectivity index (χ2v) is 3.46. The highest BCUT2D eigenvalue weighted by Gasteiger charge is 2.02. The van der Waals surface area contributed by atoms with E-state index in [0.29, 0.717) is 22.9 Å². The Hall–Kier alpha value is -2.23. The van der Waals surface area contributed by atoms with Crippen molar-refractivity contribution < 1.29 is 13.9 Å². The molecule has 0 aliphatic rings. The van der Waals surface area contributed by atoms with Gasteiger partial charge in [-0.2, -0.15) is 0 Å². The number of hydrogen-bond acceptors (Lipinski definition) is 3. The minimum Gasteiger partial charge on any atom is -0.495 e. The van der Waals surface area contributed by atoms with E-state index in [0.717, 1.165) is 0 Å². The van der Waals surface area contributed by atoms with Gasteiger partial charge in [0.05, 0.1) is 12.8 Å². The third kappa shape index (κ3) is 2.66. The first-order valence-corrected chi connectivity index (χ1v) is 5.06. The summed E-state index contributed by atoms with van der Waals surface area (Å²) in [6.45, 7) is 0. The number of halogens is 1. The third-order valence-corrected chi connectivity index (χ3v) is 2.25. The van der Waals surface area contributed by atoms with Crippen LogP contribution in [0.5, 0.6) is 17.2 Å². The average Bonchev–Trinajstić information content (AvgIpc) is 2.32. The number of hydrogen-bond donors (Lipinski definition) is 1. The fourth-order valence-electron chi connectivity index (χ4n) is 1.41. The molecule has 0 saturated carbocycles. The first kappa shape index (κ1) is 11.3. The molecule has 17 heavy (non-hydrogen) atoms. The van der Waals surface area contributed by atoms with Gasteiger partial charge >= 0.3 is 0 Å². The number of benzene rings is 2. The Bertz CT molecular complexity index is 511. The van der Waals surface area contributed by atoms with Crippen LogP contribution in [0.1, 0.15) is 0 Å². The zero-order valence-electron chi connectivity index (χ0n) is 9.31. The molecule has 0 spiro atoms. The maximum atomic E-state index is 12.7. The standard InChI is InChI=1S/C13H12FNO2/c1-16-13-7-6-11(8-12(13)15)17-10-4-2-9(14)3-5-10/h2-8H,15H2,1H3. The average molecular weight is 233 g/mol. The predicted molar refractivity (Wildman–Crippen MR) is 63.9 cm³/mol. The molecule has 2 N–H and O–H groups in total. The van der Waals surface area contributed by atoms with E-state index in [2.05, 4.69) is 0 Å². The van der Waals surface area contributed by atoms with Crippen molar-refractivity contribution in [2.45, 2.75) is 0 Å². The fourth-order valence-corrected chi connectivity index (χ4v) is 1.41. The maximum Gasteiger partial charge on any atom is 0.142 e. The second kappa shape index (κ2) is 4.74. The van der Waals surface area contributed by atoms with Gasteiger partial charge in [-0.15, -0.1) is 0 Å². The lowest BCUT2D eigenvalue weighted by Crippen LogP contribution is -1.93. The van der Waals surface area contributed by atoms with Crippen LogP contribution in [0.2, 0.25) is 0 Å². The lowest BCUT2D eigenvalue weighted by atomic mass is 10.3. The lowest BCUT2D eigenvalue weighted by molar-refractivity contribution is 0.415. The van der Waals surface area contributed by atoms with Crippen molar-refractivity contribution in [1.29, 1.82) is 0 Å². The molecular formula is C13H12FNO2. The van der Waals surface area contributed by atoms with Crippen LogP contribution in [0.25, 0.3) is 0 Å². The number of nitrogens with two attached hydrogens (primary N) is 1. The zero-order chi connectivity index (χ0) is 12.3. The van der Waals surface area contributed by atoms with E-state index in [1.807, 2.05) is 0 Å². The summed E-state index contributed by atoms with van der Waals surface area (Å²) in [5.41, 5.74) is 6.24. The molecule has 88 valence electrons. The molecule has 0 bridgehead atoms. The Kier molecular flexibility index (Phi) is 3.14. The minimum absolute atomic E-state index is 0.299. The van der Waals surface area contributed by atoms with Gasteiger partial charge in [0.15, 0.2) is 0 Å². The molecule has 0 radical (unpaired) electrons. The van der Waals surface area contributed by atoms with Crippen molar-refractivity contribution in [1.82, 2.24) is 0 Å². The van der Waals surface area contributed by atoms with E-state index >= 15 is 0 Å². The van der Waals surface area contributed by atoms with Gasteiger partial charge in [0.25, 0.3) is 0 Å². The van der Waals surface area contributed by atoms with Crippen molar-refractivity contribution in [3.05, 3.63) is 48.3 Å². The lowest BCUT2D eigenvalue weighted by Gasteiger charge is -2.08. The Morgan fingerprint density at radius 1 is 1.00 bits per heavy atom. The fraction of sp³-hybridized carbons (Fsp3) is 0.0769. The first-order valence-electron chi connectivity index (χ1n) is 5.06. The molecular weight excluding hydrogens is 221 g/mol. The molecule has 2 aromatic carbocycles. The van der Waals surface area contributed by atoms with Crippen molar-refractivity contribution >= 4 is 5.69 Å². The Morgan fingerprint density at radius 3 is 2.24 bits per heavy atom. The SMILES string of the molecule is COc1ccc(Oc2ccc(F)cc2)cc1N. The Morgan fingerprint density at radius 2 is 1.65 bits per heavy atom. The summed E-state index contributed by atoms with van der Waals surface area (Å²) in [6.07, 6.45) is 0. The Balaban J connectivity index is 2.19. The van der Waals surface area contributed by atoms with Gasteiger partial charge in [-0.05, 0) is 36.4 Å². The molecule has 3 nitrogen and oxygen atoms in total. The van der Waals surface area contributed by atoms with E-state index in [-0.39, 0.29) is 5.82 Å². The molecule has 2 rings (SSSR count). The van der Waals surface area contributed by atoms with Gasteiger partial charge in [-0.25, -0.2) is 4.39 Å². The third-order valence-electron chi connectivity index (χ3n) is 2.25.